The molecular formula is C48H54F6N4O8Si2. The molecule has 0 aromatic heterocycles. The molecule has 8 rings (SSSR count). The first-order valence-electron chi connectivity index (χ1n) is 22.0. The molecule has 0 spiro atoms. The zero-order valence-electron chi connectivity index (χ0n) is 40.3. The van der Waals surface area contributed by atoms with Gasteiger partial charge in [-0.3, -0.25) is 19.2 Å². The molecule has 4 unspecified atom stereocenters. The summed E-state index contributed by atoms with van der Waals surface area (Å²) in [5.74, 6) is -5.13. The molecule has 2 aromatic rings. The number of halogens is 6. The molecule has 4 amide bonds. The van der Waals surface area contributed by atoms with Gasteiger partial charge in [-0.25, -0.2) is 14.6 Å². The summed E-state index contributed by atoms with van der Waals surface area (Å²) in [6.07, 6.45) is -6.10. The monoisotopic (exact) mass is 984 g/mol. The molecule has 4 fully saturated rings. The van der Waals surface area contributed by atoms with Gasteiger partial charge in [-0.1, -0.05) is 47.6 Å². The Kier molecular flexibility index (Phi) is 11.2. The normalized spacial score (nSPS) is 31.0. The van der Waals surface area contributed by atoms with E-state index in [-0.39, 0.29) is 21.5 Å². The fourth-order valence-corrected chi connectivity index (χ4v) is 12.1. The van der Waals surface area contributed by atoms with Crippen LogP contribution in [-0.4, -0.2) is 62.7 Å². The van der Waals surface area contributed by atoms with Crippen molar-refractivity contribution in [2.24, 2.45) is 23.7 Å². The Morgan fingerprint density at radius 1 is 0.632 bits per heavy atom. The average Bonchev–Trinajstić information content (AvgIpc) is 3.93. The number of amides is 4. The van der Waals surface area contributed by atoms with Crippen molar-refractivity contribution in [2.45, 2.75) is 140 Å². The average molecular weight is 985 g/mol. The van der Waals surface area contributed by atoms with E-state index in [0.29, 0.717) is 23.7 Å². The molecule has 0 N–H and O–H groups in total. The number of nitrogens with zero attached hydrogens (tertiary/aromatic N) is 4. The minimum Gasteiger partial charge on any atom is -0.544 e. The fraction of sp³-hybridized carbons (Fsp3) is 0.542. The summed E-state index contributed by atoms with van der Waals surface area (Å²) in [6.45, 7) is 34.6. The van der Waals surface area contributed by atoms with Gasteiger partial charge in [0.1, 0.15) is 33.9 Å². The lowest BCUT2D eigenvalue weighted by atomic mass is 9.72. The predicted molar refractivity (Wildman–Crippen MR) is 241 cm³/mol. The van der Waals surface area contributed by atoms with Crippen LogP contribution in [0.2, 0.25) is 36.3 Å². The van der Waals surface area contributed by atoms with E-state index in [1.807, 2.05) is 0 Å². The van der Waals surface area contributed by atoms with Crippen molar-refractivity contribution in [1.82, 2.24) is 0 Å². The molecule has 12 nitrogen and oxygen atoms in total. The topological polar surface area (TPSA) is 140 Å². The van der Waals surface area contributed by atoms with Crippen molar-refractivity contribution in [3.8, 4) is 6.07 Å². The lowest BCUT2D eigenvalue weighted by molar-refractivity contribution is -0.138. The third kappa shape index (κ3) is 7.43. The molecule has 364 valence electrons. The number of hydrogen-bond donors (Lipinski definition) is 0. The Bertz CT molecular complexity index is 2540. The quantitative estimate of drug-likeness (QED) is 0.120. The van der Waals surface area contributed by atoms with Crippen LogP contribution >= 0.6 is 0 Å². The molecular weight excluding hydrogens is 931 g/mol. The van der Waals surface area contributed by atoms with Gasteiger partial charge in [0.05, 0.1) is 58.7 Å². The Balaban J connectivity index is 0.000000201. The third-order valence-corrected chi connectivity index (χ3v) is 24.1. The first kappa shape index (κ1) is 50.6. The zero-order valence-corrected chi connectivity index (χ0v) is 42.3. The van der Waals surface area contributed by atoms with E-state index in [0.717, 1.165) is 21.9 Å². The number of hydrogen-bond acceptors (Lipinski definition) is 9. The van der Waals surface area contributed by atoms with E-state index >= 15 is 0 Å². The van der Waals surface area contributed by atoms with Crippen LogP contribution in [0.5, 0.6) is 0 Å². The highest BCUT2D eigenvalue weighted by Crippen LogP contribution is 2.63. The van der Waals surface area contributed by atoms with Gasteiger partial charge < -0.3 is 18.3 Å². The maximum absolute atomic E-state index is 13.6. The van der Waals surface area contributed by atoms with E-state index in [2.05, 4.69) is 72.6 Å². The smallest absolute Gasteiger partial charge is 0.417 e. The van der Waals surface area contributed by atoms with Crippen LogP contribution in [0, 0.1) is 41.6 Å². The summed E-state index contributed by atoms with van der Waals surface area (Å²) in [4.78, 5) is 58.5. The number of fused-ring (bicyclic) bond motifs is 10. The number of rotatable bonds is 6. The molecule has 20 heteroatoms. The number of benzene rings is 2. The zero-order chi connectivity index (χ0) is 51.3. The summed E-state index contributed by atoms with van der Waals surface area (Å²) < 4.78 is 107. The van der Waals surface area contributed by atoms with Crippen molar-refractivity contribution in [3.05, 3.63) is 88.2 Å². The van der Waals surface area contributed by atoms with Gasteiger partial charge in [0.15, 0.2) is 5.69 Å². The summed E-state index contributed by atoms with van der Waals surface area (Å²) in [5, 5.41) is 8.83. The van der Waals surface area contributed by atoms with Gasteiger partial charge in [0.2, 0.25) is 40.3 Å². The Morgan fingerprint density at radius 3 is 1.32 bits per heavy atom. The Morgan fingerprint density at radius 2 is 0.985 bits per heavy atom. The maximum Gasteiger partial charge on any atom is 0.417 e. The fourth-order valence-electron chi connectivity index (χ4n) is 9.84. The molecule has 6 aliphatic rings. The second-order valence-corrected chi connectivity index (χ2v) is 31.6. The molecule has 4 saturated heterocycles. The number of anilines is 2. The van der Waals surface area contributed by atoms with Gasteiger partial charge >= 0.3 is 12.4 Å². The molecule has 0 aliphatic carbocycles. The Hall–Kier alpha value is -5.29. The van der Waals surface area contributed by atoms with Crippen molar-refractivity contribution in [3.63, 3.8) is 0 Å². The van der Waals surface area contributed by atoms with E-state index < -0.39 is 121 Å². The van der Waals surface area contributed by atoms with Crippen molar-refractivity contribution >= 4 is 57.3 Å². The van der Waals surface area contributed by atoms with Gasteiger partial charge in [-0.2, -0.15) is 31.6 Å². The molecule has 0 radical (unpaired) electrons. The minimum absolute atomic E-state index is 0.119. The first-order valence-corrected chi connectivity index (χ1v) is 27.8. The molecule has 6 aliphatic heterocycles. The highest BCUT2D eigenvalue weighted by atomic mass is 28.4. The van der Waals surface area contributed by atoms with Crippen LogP contribution in [0.4, 0.5) is 43.4 Å². The highest BCUT2D eigenvalue weighted by molar-refractivity contribution is 6.74. The van der Waals surface area contributed by atoms with Crippen molar-refractivity contribution < 1.29 is 63.8 Å². The maximum atomic E-state index is 13.6. The van der Waals surface area contributed by atoms with Crippen LogP contribution in [0.3, 0.4) is 0 Å². The van der Waals surface area contributed by atoms with Crippen molar-refractivity contribution in [2.75, 3.05) is 9.80 Å². The van der Waals surface area contributed by atoms with Crippen LogP contribution < -0.4 is 9.80 Å². The van der Waals surface area contributed by atoms with Gasteiger partial charge in [0.25, 0.3) is 0 Å². The van der Waals surface area contributed by atoms with E-state index in [1.54, 1.807) is 39.8 Å². The second kappa shape index (κ2) is 15.1. The van der Waals surface area contributed by atoms with E-state index in [4.69, 9.17) is 30.2 Å². The molecule has 8 atom stereocenters. The number of nitriles is 1. The number of ether oxygens (including phenoxy) is 2. The third-order valence-electron chi connectivity index (χ3n) is 15.4. The van der Waals surface area contributed by atoms with Crippen LogP contribution in [0.25, 0.3) is 4.85 Å². The van der Waals surface area contributed by atoms with E-state index in [9.17, 15) is 45.5 Å². The lowest BCUT2D eigenvalue weighted by Crippen LogP contribution is -2.47. The lowest BCUT2D eigenvalue weighted by Gasteiger charge is -2.41. The number of carbonyl (C=O) groups excluding carboxylic acids is 4. The van der Waals surface area contributed by atoms with Crippen LogP contribution in [0.15, 0.2) is 60.1 Å². The second-order valence-electron chi connectivity index (χ2n) is 22.1. The standard InChI is InChI=1S/2C24H27F3N2O4Si/c1-21(2,3)34(7,8)32-16-12-22(4)17-18(23(16,5)33-22)20(31)29(19(17)30)13-9-10-15(28-6)14(11-13)24(25,26)27;1-21(2,3)34(6,7)32-16-11-22(4)17-18(23(16,5)33-22)20(31)29(19(17)30)14-9-8-13(12-28)15(10-14)24(25,26)27/h9-12,17-18H,1-5,7-8H3;8-11,17-18H,1-7H3/t2*17-,18+,22?,23?/m10/s1. The summed E-state index contributed by atoms with van der Waals surface area (Å²) in [5.41, 5.74) is -8.64. The number of alkyl halides is 6. The van der Waals surface area contributed by atoms with Gasteiger partial charge in [-0.15, -0.1) is 0 Å². The molecule has 4 bridgehead atoms. The molecule has 68 heavy (non-hydrogen) atoms. The highest BCUT2D eigenvalue weighted by Gasteiger charge is 2.76. The summed E-state index contributed by atoms with van der Waals surface area (Å²) >= 11 is 0. The predicted octanol–water partition coefficient (Wildman–Crippen LogP) is 11.0. The van der Waals surface area contributed by atoms with E-state index in [1.165, 1.54) is 18.2 Å². The summed E-state index contributed by atoms with van der Waals surface area (Å²) in [7, 11) is -4.61. The van der Waals surface area contributed by atoms with Gasteiger partial charge in [-0.05, 0) is 106 Å². The SMILES string of the molecule is CC12C=C(O[Si](C)(C)C(C)(C)C)C(C)(O1)[C@H]1C(=O)N(c3ccc(C#N)c(C(F)(F)F)c3)C(=O)[C@H]12.[C-]#[N+]c1ccc(N2C(=O)[C@@H]3[C@H](C2=O)C2(C)C=C(O[Si](C)(C)C(C)(C)C)C3(C)O2)cc1C(F)(F)F. The van der Waals surface area contributed by atoms with Crippen molar-refractivity contribution in [1.29, 1.82) is 5.26 Å². The minimum atomic E-state index is -4.81. The Labute approximate surface area is 393 Å². The molecule has 0 saturated carbocycles. The number of carbonyl (C=O) groups is 4. The summed E-state index contributed by atoms with van der Waals surface area (Å²) in [6, 6.07) is 7.24. The van der Waals surface area contributed by atoms with Crippen LogP contribution in [-0.2, 0) is 49.9 Å². The molecule has 6 heterocycles. The largest absolute Gasteiger partial charge is 0.544 e. The van der Waals surface area contributed by atoms with Crippen LogP contribution in [0.1, 0.15) is 85.9 Å². The number of imide groups is 2. The molecule has 2 aromatic carbocycles. The van der Waals surface area contributed by atoms with Gasteiger partial charge in [0, 0.05) is 5.69 Å². The first-order chi connectivity index (χ1) is 30.7.